The second-order valence-electron chi connectivity index (χ2n) is 4.39. The maximum atomic E-state index is 8.98. The van der Waals surface area contributed by atoms with Gasteiger partial charge in [-0.3, -0.25) is 0 Å². The molecular weight excluding hydrogens is 304 g/mol. The van der Waals surface area contributed by atoms with Gasteiger partial charge in [-0.2, -0.15) is 5.26 Å². The Balaban J connectivity index is 1.88. The number of nitrogens with one attached hydrogen (secondary N) is 1. The van der Waals surface area contributed by atoms with Gasteiger partial charge in [0.25, 0.3) is 0 Å². The molecule has 0 aromatic heterocycles. The molecule has 0 saturated carbocycles. The van der Waals surface area contributed by atoms with E-state index in [2.05, 4.69) is 33.4 Å². The molecule has 1 heterocycles. The van der Waals surface area contributed by atoms with Crippen molar-refractivity contribution >= 4 is 21.6 Å². The van der Waals surface area contributed by atoms with Crippen LogP contribution in [0.1, 0.15) is 17.2 Å². The van der Waals surface area contributed by atoms with Gasteiger partial charge in [-0.1, -0.05) is 34.1 Å². The minimum absolute atomic E-state index is 0.122. The van der Waals surface area contributed by atoms with Crippen LogP contribution in [0.4, 0.5) is 5.69 Å². The molecule has 2 aromatic rings. The average molecular weight is 315 g/mol. The van der Waals surface area contributed by atoms with Crippen molar-refractivity contribution in [3.05, 3.63) is 58.1 Å². The molecule has 0 radical (unpaired) electrons. The molecule has 3 rings (SSSR count). The van der Waals surface area contributed by atoms with Crippen LogP contribution in [0.2, 0.25) is 0 Å². The lowest BCUT2D eigenvalue weighted by atomic mass is 10.1. The first-order valence-electron chi connectivity index (χ1n) is 5.95. The van der Waals surface area contributed by atoms with E-state index < -0.39 is 0 Å². The van der Waals surface area contributed by atoms with Crippen LogP contribution in [0.15, 0.2) is 46.9 Å². The smallest absolute Gasteiger partial charge is 0.124 e. The highest BCUT2D eigenvalue weighted by molar-refractivity contribution is 9.10. The first kappa shape index (κ1) is 12.1. The Morgan fingerprint density at radius 3 is 2.95 bits per heavy atom. The molecule has 19 heavy (non-hydrogen) atoms. The third-order valence-corrected chi connectivity index (χ3v) is 3.53. The van der Waals surface area contributed by atoms with E-state index in [1.165, 1.54) is 0 Å². The molecule has 1 atom stereocenters. The highest BCUT2D eigenvalue weighted by Gasteiger charge is 2.23. The minimum atomic E-state index is 0.122. The number of nitrogens with zero attached hydrogens (tertiary/aromatic N) is 1. The lowest BCUT2D eigenvalue weighted by Gasteiger charge is -2.13. The number of hydrogen-bond acceptors (Lipinski definition) is 3. The fourth-order valence-electron chi connectivity index (χ4n) is 2.22. The van der Waals surface area contributed by atoms with Crippen molar-refractivity contribution < 1.29 is 4.74 Å². The highest BCUT2D eigenvalue weighted by Crippen LogP contribution is 2.34. The maximum absolute atomic E-state index is 8.98. The van der Waals surface area contributed by atoms with Crippen molar-refractivity contribution in [2.75, 3.05) is 11.9 Å². The van der Waals surface area contributed by atoms with Gasteiger partial charge in [0.05, 0.1) is 17.7 Å². The summed E-state index contributed by atoms with van der Waals surface area (Å²) >= 11 is 3.41. The third-order valence-electron chi connectivity index (χ3n) is 3.07. The number of rotatable bonds is 2. The number of para-hydroxylation sites is 1. The van der Waals surface area contributed by atoms with Crippen LogP contribution in [0, 0.1) is 11.3 Å². The summed E-state index contributed by atoms with van der Waals surface area (Å²) in [5, 5.41) is 12.4. The Morgan fingerprint density at radius 1 is 1.26 bits per heavy atom. The maximum Gasteiger partial charge on any atom is 0.124 e. The number of nitriles is 1. The quantitative estimate of drug-likeness (QED) is 0.915. The number of ether oxygens (including phenoxy) is 1. The summed E-state index contributed by atoms with van der Waals surface area (Å²) in [7, 11) is 0. The van der Waals surface area contributed by atoms with Gasteiger partial charge >= 0.3 is 0 Å². The molecule has 4 heteroatoms. The summed E-state index contributed by atoms with van der Waals surface area (Å²) in [6, 6.07) is 15.9. The summed E-state index contributed by atoms with van der Waals surface area (Å²) < 4.78 is 6.52. The van der Waals surface area contributed by atoms with Gasteiger partial charge in [0.2, 0.25) is 0 Å². The fourth-order valence-corrected chi connectivity index (χ4v) is 2.71. The average Bonchev–Trinajstić information content (AvgIpc) is 2.82. The molecule has 1 aliphatic rings. The molecule has 0 amide bonds. The Hall–Kier alpha value is -1.99. The predicted octanol–water partition coefficient (Wildman–Crippen LogP) is 3.87. The largest absolute Gasteiger partial charge is 0.491 e. The van der Waals surface area contributed by atoms with Crippen molar-refractivity contribution in [3.8, 4) is 11.8 Å². The topological polar surface area (TPSA) is 45.0 Å². The molecule has 0 fully saturated rings. The summed E-state index contributed by atoms with van der Waals surface area (Å²) in [6.07, 6.45) is 0. The Bertz CT molecular complexity index is 663. The molecule has 1 N–H and O–H groups in total. The van der Waals surface area contributed by atoms with E-state index in [9.17, 15) is 0 Å². The normalized spacial score (nSPS) is 16.3. The van der Waals surface area contributed by atoms with Gasteiger partial charge in [-0.25, -0.2) is 0 Å². The first-order valence-corrected chi connectivity index (χ1v) is 6.74. The predicted molar refractivity (Wildman–Crippen MR) is 77.2 cm³/mol. The van der Waals surface area contributed by atoms with Crippen LogP contribution in [-0.4, -0.2) is 6.61 Å². The SMILES string of the molecule is N#Cc1cc(Br)cc(NC2COc3ccccc32)c1. The number of benzene rings is 2. The van der Waals surface area contributed by atoms with Crippen molar-refractivity contribution in [1.29, 1.82) is 5.26 Å². The standard InChI is InChI=1S/C15H11BrN2O/c16-11-5-10(8-17)6-12(7-11)18-14-9-19-15-4-2-1-3-13(14)15/h1-7,14,18H,9H2. The Kier molecular flexibility index (Phi) is 3.14. The van der Waals surface area contributed by atoms with E-state index >= 15 is 0 Å². The van der Waals surface area contributed by atoms with Gasteiger partial charge in [0.15, 0.2) is 0 Å². The molecular formula is C15H11BrN2O. The van der Waals surface area contributed by atoms with Crippen LogP contribution in [-0.2, 0) is 0 Å². The van der Waals surface area contributed by atoms with Crippen LogP contribution in [0.3, 0.4) is 0 Å². The molecule has 0 bridgehead atoms. The zero-order chi connectivity index (χ0) is 13.2. The molecule has 0 spiro atoms. The Labute approximate surface area is 120 Å². The van der Waals surface area contributed by atoms with Gasteiger partial charge in [0, 0.05) is 15.7 Å². The summed E-state index contributed by atoms with van der Waals surface area (Å²) in [5.41, 5.74) is 2.70. The van der Waals surface area contributed by atoms with E-state index in [1.54, 1.807) is 6.07 Å². The van der Waals surface area contributed by atoms with E-state index in [0.29, 0.717) is 12.2 Å². The second-order valence-corrected chi connectivity index (χ2v) is 5.30. The number of fused-ring (bicyclic) bond motifs is 1. The number of hydrogen-bond donors (Lipinski definition) is 1. The molecule has 0 aliphatic carbocycles. The number of anilines is 1. The van der Waals surface area contributed by atoms with Crippen molar-refractivity contribution in [2.45, 2.75) is 6.04 Å². The summed E-state index contributed by atoms with van der Waals surface area (Å²) in [5.74, 6) is 0.926. The zero-order valence-corrected chi connectivity index (χ0v) is 11.6. The van der Waals surface area contributed by atoms with E-state index in [1.807, 2.05) is 30.3 Å². The highest BCUT2D eigenvalue weighted by atomic mass is 79.9. The van der Waals surface area contributed by atoms with Crippen molar-refractivity contribution in [2.24, 2.45) is 0 Å². The van der Waals surface area contributed by atoms with E-state index in [4.69, 9.17) is 10.00 Å². The van der Waals surface area contributed by atoms with Crippen molar-refractivity contribution in [1.82, 2.24) is 0 Å². The van der Waals surface area contributed by atoms with Crippen LogP contribution >= 0.6 is 15.9 Å². The number of halogens is 1. The van der Waals surface area contributed by atoms with Gasteiger partial charge in [-0.15, -0.1) is 0 Å². The lowest BCUT2D eigenvalue weighted by molar-refractivity contribution is 0.340. The Morgan fingerprint density at radius 2 is 2.11 bits per heavy atom. The van der Waals surface area contributed by atoms with Gasteiger partial charge in [-0.05, 0) is 24.3 Å². The lowest BCUT2D eigenvalue weighted by Crippen LogP contribution is -2.12. The summed E-state index contributed by atoms with van der Waals surface area (Å²) in [6.45, 7) is 0.605. The molecule has 1 unspecified atom stereocenters. The second kappa shape index (κ2) is 4.94. The molecule has 2 aromatic carbocycles. The zero-order valence-electron chi connectivity index (χ0n) is 10.1. The molecule has 1 aliphatic heterocycles. The minimum Gasteiger partial charge on any atom is -0.491 e. The van der Waals surface area contributed by atoms with Crippen LogP contribution in [0.5, 0.6) is 5.75 Å². The van der Waals surface area contributed by atoms with Crippen molar-refractivity contribution in [3.63, 3.8) is 0 Å². The van der Waals surface area contributed by atoms with E-state index in [-0.39, 0.29) is 6.04 Å². The van der Waals surface area contributed by atoms with Crippen LogP contribution in [0.25, 0.3) is 0 Å². The molecule has 94 valence electrons. The summed E-state index contributed by atoms with van der Waals surface area (Å²) in [4.78, 5) is 0. The monoisotopic (exact) mass is 314 g/mol. The third kappa shape index (κ3) is 2.42. The van der Waals surface area contributed by atoms with Gasteiger partial charge < -0.3 is 10.1 Å². The fraction of sp³-hybridized carbons (Fsp3) is 0.133. The van der Waals surface area contributed by atoms with E-state index in [0.717, 1.165) is 21.5 Å². The molecule has 0 saturated heterocycles. The molecule has 3 nitrogen and oxygen atoms in total. The first-order chi connectivity index (χ1) is 9.26. The van der Waals surface area contributed by atoms with Crippen LogP contribution < -0.4 is 10.1 Å². The van der Waals surface area contributed by atoms with Gasteiger partial charge in [0.1, 0.15) is 12.4 Å².